The zero-order chi connectivity index (χ0) is 14.1. The molecule has 1 aromatic rings. The van der Waals surface area contributed by atoms with Crippen LogP contribution in [0.15, 0.2) is 18.2 Å². The van der Waals surface area contributed by atoms with E-state index in [4.69, 9.17) is 0 Å². The van der Waals surface area contributed by atoms with Gasteiger partial charge < -0.3 is 0 Å². The first kappa shape index (κ1) is 14.7. The van der Waals surface area contributed by atoms with Crippen LogP contribution in [0.5, 0.6) is 0 Å². The van der Waals surface area contributed by atoms with E-state index in [0.29, 0.717) is 12.1 Å². The van der Waals surface area contributed by atoms with Crippen LogP contribution in [0, 0.1) is 11.6 Å². The number of rotatable bonds is 3. The number of nitrogens with one attached hydrogen (secondary N) is 1. The van der Waals surface area contributed by atoms with Crippen molar-refractivity contribution in [1.29, 1.82) is 0 Å². The molecule has 0 spiro atoms. The van der Waals surface area contributed by atoms with Crippen LogP contribution in [-0.2, 0) is 0 Å². The lowest BCUT2D eigenvalue weighted by Gasteiger charge is -2.26. The van der Waals surface area contributed by atoms with E-state index in [-0.39, 0.29) is 6.07 Å². The van der Waals surface area contributed by atoms with E-state index < -0.39 is 41.2 Å². The molecule has 102 valence electrons. The summed E-state index contributed by atoms with van der Waals surface area (Å²) in [5.74, 6) is -2.82. The third-order valence-electron chi connectivity index (χ3n) is 2.12. The lowest BCUT2D eigenvalue weighted by molar-refractivity contribution is -0.961. The highest BCUT2D eigenvalue weighted by molar-refractivity contribution is 5.31. The molecule has 1 N–H and O–H groups in total. The summed E-state index contributed by atoms with van der Waals surface area (Å²) in [6, 6.07) is -4.63. The van der Waals surface area contributed by atoms with Gasteiger partial charge in [-0.05, 0) is 12.1 Å². The lowest BCUT2D eigenvalue weighted by atomic mass is 10.2. The Labute approximate surface area is 95.6 Å². The number of quaternary nitrogens is 1. The van der Waals surface area contributed by atoms with Gasteiger partial charge in [0.25, 0.3) is 0 Å². The van der Waals surface area contributed by atoms with Crippen molar-refractivity contribution in [2.24, 2.45) is 0 Å². The molecule has 0 saturated carbocycles. The summed E-state index contributed by atoms with van der Waals surface area (Å²) in [4.78, 5) is -2.16. The Kier molecular flexibility index (Phi) is 3.84. The molecule has 0 aliphatic rings. The molecule has 0 aliphatic carbocycles. The average Bonchev–Trinajstić information content (AvgIpc) is 2.22. The van der Waals surface area contributed by atoms with Crippen LogP contribution >= 0.6 is 0 Å². The molecule has 0 aliphatic heterocycles. The van der Waals surface area contributed by atoms with Gasteiger partial charge in [-0.1, -0.05) is 0 Å². The van der Waals surface area contributed by atoms with Gasteiger partial charge in [0.2, 0.25) is 6.80 Å². The second-order valence-electron chi connectivity index (χ2n) is 3.31. The molecule has 0 bridgehead atoms. The van der Waals surface area contributed by atoms with E-state index >= 15 is 0 Å². The Bertz CT molecular complexity index is 427. The Hall–Kier alpha value is -1.38. The summed E-state index contributed by atoms with van der Waals surface area (Å²) >= 11 is 0. The Morgan fingerprint density at radius 1 is 1.00 bits per heavy atom. The van der Waals surface area contributed by atoms with E-state index in [1.807, 2.05) is 0 Å². The SMILES string of the molecule is FC[NH+](c1cc(F)ccc1F)C(F)(F)C(F)(F)F. The summed E-state index contributed by atoms with van der Waals surface area (Å²) in [6.45, 7) is -2.26. The molecule has 0 amide bonds. The quantitative estimate of drug-likeness (QED) is 0.641. The summed E-state index contributed by atoms with van der Waals surface area (Å²) in [7, 11) is 0. The van der Waals surface area contributed by atoms with Crippen molar-refractivity contribution in [3.05, 3.63) is 29.8 Å². The van der Waals surface area contributed by atoms with E-state index in [1.54, 1.807) is 0 Å². The fourth-order valence-electron chi connectivity index (χ4n) is 1.22. The monoisotopic (exact) mass is 280 g/mol. The molecule has 1 rings (SSSR count). The molecule has 18 heavy (non-hydrogen) atoms. The van der Waals surface area contributed by atoms with Crippen LogP contribution in [0.3, 0.4) is 0 Å². The van der Waals surface area contributed by atoms with Gasteiger partial charge in [0.05, 0.1) is 0 Å². The second kappa shape index (κ2) is 4.71. The van der Waals surface area contributed by atoms with Gasteiger partial charge in [0, 0.05) is 6.07 Å². The normalized spacial score (nSPS) is 14.7. The number of halogens is 8. The van der Waals surface area contributed by atoms with Crippen molar-refractivity contribution in [3.63, 3.8) is 0 Å². The summed E-state index contributed by atoms with van der Waals surface area (Å²) in [5, 5.41) is 0. The van der Waals surface area contributed by atoms with Crippen LogP contribution in [0.4, 0.5) is 40.8 Å². The summed E-state index contributed by atoms with van der Waals surface area (Å²) in [5.41, 5.74) is -1.43. The maximum atomic E-state index is 13.1. The molecule has 0 aromatic heterocycles. The molecular weight excluding hydrogens is 274 g/mol. The van der Waals surface area contributed by atoms with Crippen molar-refractivity contribution in [2.75, 3.05) is 6.80 Å². The minimum absolute atomic E-state index is 0.0872. The highest BCUT2D eigenvalue weighted by Crippen LogP contribution is 2.32. The number of hydrogen-bond acceptors (Lipinski definition) is 0. The average molecular weight is 280 g/mol. The van der Waals surface area contributed by atoms with E-state index in [1.165, 1.54) is 0 Å². The van der Waals surface area contributed by atoms with Crippen molar-refractivity contribution in [2.45, 2.75) is 12.2 Å². The zero-order valence-electron chi connectivity index (χ0n) is 8.46. The first-order valence-electron chi connectivity index (χ1n) is 4.43. The molecule has 0 heterocycles. The van der Waals surface area contributed by atoms with Crippen molar-refractivity contribution in [1.82, 2.24) is 0 Å². The first-order chi connectivity index (χ1) is 8.11. The minimum Gasteiger partial charge on any atom is -0.207 e. The number of benzene rings is 1. The van der Waals surface area contributed by atoms with Crippen molar-refractivity contribution in [3.8, 4) is 0 Å². The van der Waals surface area contributed by atoms with E-state index in [2.05, 4.69) is 0 Å². The first-order valence-corrected chi connectivity index (χ1v) is 4.43. The molecule has 1 aromatic carbocycles. The van der Waals surface area contributed by atoms with Gasteiger partial charge >= 0.3 is 12.2 Å². The Balaban J connectivity index is 3.30. The fourth-order valence-corrected chi connectivity index (χ4v) is 1.22. The van der Waals surface area contributed by atoms with Gasteiger partial charge in [-0.25, -0.2) is 13.7 Å². The summed E-state index contributed by atoms with van der Waals surface area (Å²) < 4.78 is 100. The predicted octanol–water partition coefficient (Wildman–Crippen LogP) is 2.56. The largest absolute Gasteiger partial charge is 0.515 e. The molecule has 9 heteroatoms. The maximum Gasteiger partial charge on any atom is 0.515 e. The zero-order valence-corrected chi connectivity index (χ0v) is 8.46. The highest BCUT2D eigenvalue weighted by atomic mass is 19.4. The third-order valence-corrected chi connectivity index (χ3v) is 2.12. The molecule has 1 atom stereocenters. The number of alkyl halides is 6. The Morgan fingerprint density at radius 3 is 2.00 bits per heavy atom. The van der Waals surface area contributed by atoms with Gasteiger partial charge in [-0.3, -0.25) is 0 Å². The van der Waals surface area contributed by atoms with Gasteiger partial charge in [-0.15, -0.1) is 8.78 Å². The molecule has 0 radical (unpaired) electrons. The van der Waals surface area contributed by atoms with Crippen molar-refractivity contribution >= 4 is 5.69 Å². The predicted molar refractivity (Wildman–Crippen MR) is 44.0 cm³/mol. The molecule has 0 fully saturated rings. The standard InChI is InChI=1S/C9H5F8N/c10-4-18(9(16,17)8(13,14)15)7-3-5(11)1-2-6(7)12/h1-3H,4H2/p+1. The molecule has 1 nitrogen and oxygen atoms in total. The van der Waals surface area contributed by atoms with E-state index in [0.717, 1.165) is 0 Å². The van der Waals surface area contributed by atoms with Gasteiger partial charge in [0.1, 0.15) is 5.82 Å². The third kappa shape index (κ3) is 2.55. The topological polar surface area (TPSA) is 4.44 Å². The van der Waals surface area contributed by atoms with Crippen LogP contribution in [0.1, 0.15) is 0 Å². The smallest absolute Gasteiger partial charge is 0.207 e. The maximum absolute atomic E-state index is 13.1. The van der Waals surface area contributed by atoms with Crippen LogP contribution in [0.2, 0.25) is 0 Å². The van der Waals surface area contributed by atoms with Gasteiger partial charge in [-0.2, -0.15) is 17.6 Å². The molecular formula is C9H6F8N+. The van der Waals surface area contributed by atoms with Crippen LogP contribution in [0.25, 0.3) is 0 Å². The van der Waals surface area contributed by atoms with E-state index in [9.17, 15) is 35.1 Å². The molecule has 1 unspecified atom stereocenters. The fraction of sp³-hybridized carbons (Fsp3) is 0.333. The number of hydrogen-bond donors (Lipinski definition) is 1. The highest BCUT2D eigenvalue weighted by Gasteiger charge is 2.67. The van der Waals surface area contributed by atoms with Crippen LogP contribution in [-0.4, -0.2) is 19.0 Å². The van der Waals surface area contributed by atoms with Gasteiger partial charge in [0.15, 0.2) is 11.5 Å². The minimum atomic E-state index is -6.09. The lowest BCUT2D eigenvalue weighted by Crippen LogP contribution is -3.16. The second-order valence-corrected chi connectivity index (χ2v) is 3.31. The van der Waals surface area contributed by atoms with Crippen molar-refractivity contribution < 1.29 is 40.0 Å². The Morgan fingerprint density at radius 2 is 1.56 bits per heavy atom. The molecule has 0 saturated heterocycles. The van der Waals surface area contributed by atoms with Crippen LogP contribution < -0.4 is 4.90 Å². The summed E-state index contributed by atoms with van der Waals surface area (Å²) in [6.07, 6.45) is -6.09.